The first-order chi connectivity index (χ1) is 19.8. The Kier molecular flexibility index (Phi) is 9.22. The lowest BCUT2D eigenvalue weighted by molar-refractivity contribution is -0.142. The highest BCUT2D eigenvalue weighted by Gasteiger charge is 2.37. The third kappa shape index (κ3) is 6.88. The van der Waals surface area contributed by atoms with Crippen LogP contribution < -0.4 is 15.4 Å². The largest absolute Gasteiger partial charge is 0.481 e. The van der Waals surface area contributed by atoms with Gasteiger partial charge in [0.2, 0.25) is 15.9 Å². The van der Waals surface area contributed by atoms with Crippen LogP contribution in [0.15, 0.2) is 53.6 Å². The van der Waals surface area contributed by atoms with Gasteiger partial charge in [-0.1, -0.05) is 55.7 Å². The van der Waals surface area contributed by atoms with Crippen molar-refractivity contribution in [2.24, 2.45) is 5.92 Å². The lowest BCUT2D eigenvalue weighted by Crippen LogP contribution is -2.60. The van der Waals surface area contributed by atoms with E-state index in [1.165, 1.54) is 41.3 Å². The van der Waals surface area contributed by atoms with Crippen molar-refractivity contribution in [1.29, 1.82) is 0 Å². The summed E-state index contributed by atoms with van der Waals surface area (Å²) in [6, 6.07) is 10.8. The number of rotatable bonds is 13. The molecule has 1 saturated heterocycles. The number of esters is 1. The van der Waals surface area contributed by atoms with E-state index >= 15 is 0 Å². The lowest BCUT2D eigenvalue weighted by atomic mass is 9.86. The van der Waals surface area contributed by atoms with Crippen LogP contribution in [0.2, 0.25) is 0 Å². The van der Waals surface area contributed by atoms with Crippen molar-refractivity contribution in [3.63, 3.8) is 0 Å². The third-order valence-electron chi connectivity index (χ3n) is 7.78. The summed E-state index contributed by atoms with van der Waals surface area (Å²) in [5, 5.41) is 7.18. The van der Waals surface area contributed by atoms with Crippen molar-refractivity contribution in [1.82, 2.24) is 19.6 Å². The first kappa shape index (κ1) is 29.4. The number of nitrogens with one attached hydrogen (secondary N) is 2. The lowest BCUT2D eigenvalue weighted by Gasteiger charge is -2.38. The number of hydrogen-bond donors (Lipinski definition) is 2. The van der Waals surface area contributed by atoms with Crippen LogP contribution in [0.1, 0.15) is 50.5 Å². The van der Waals surface area contributed by atoms with Gasteiger partial charge < -0.3 is 20.1 Å². The molecule has 1 unspecified atom stereocenters. The van der Waals surface area contributed by atoms with Gasteiger partial charge in [0, 0.05) is 36.8 Å². The van der Waals surface area contributed by atoms with Crippen LogP contribution >= 0.6 is 11.3 Å². The van der Waals surface area contributed by atoms with Crippen LogP contribution in [0.4, 0.5) is 5.13 Å². The molecule has 2 aromatic heterocycles. The predicted octanol–water partition coefficient (Wildman–Crippen LogP) is 4.52. The van der Waals surface area contributed by atoms with Gasteiger partial charge in [-0.25, -0.2) is 18.4 Å². The van der Waals surface area contributed by atoms with Crippen LogP contribution in [-0.4, -0.2) is 68.1 Å². The van der Waals surface area contributed by atoms with Crippen molar-refractivity contribution in [3.8, 4) is 5.88 Å². The molecule has 12 heteroatoms. The molecule has 1 aliphatic heterocycles. The van der Waals surface area contributed by atoms with E-state index < -0.39 is 10.0 Å². The first-order valence-electron chi connectivity index (χ1n) is 14.0. The van der Waals surface area contributed by atoms with Crippen LogP contribution in [-0.2, 0) is 19.6 Å². The van der Waals surface area contributed by atoms with E-state index in [0.29, 0.717) is 36.6 Å². The van der Waals surface area contributed by atoms with Gasteiger partial charge in [0.25, 0.3) is 0 Å². The van der Waals surface area contributed by atoms with Crippen molar-refractivity contribution in [3.05, 3.63) is 54.2 Å². The van der Waals surface area contributed by atoms with E-state index in [-0.39, 0.29) is 29.4 Å². The number of fused-ring (bicyclic) bond motifs is 1. The molecule has 1 atom stereocenters. The van der Waals surface area contributed by atoms with E-state index in [0.717, 1.165) is 28.0 Å². The van der Waals surface area contributed by atoms with Gasteiger partial charge in [0.1, 0.15) is 10.3 Å². The molecule has 1 aliphatic carbocycles. The van der Waals surface area contributed by atoms with Crippen LogP contribution in [0.25, 0.3) is 10.3 Å². The molecular formula is C29H37N5O5S2. The molecule has 3 heterocycles. The number of aromatic nitrogens is 2. The van der Waals surface area contributed by atoms with Gasteiger partial charge in [-0.3, -0.25) is 4.79 Å². The summed E-state index contributed by atoms with van der Waals surface area (Å²) in [7, 11) is -2.03. The van der Waals surface area contributed by atoms with Crippen molar-refractivity contribution >= 4 is 42.8 Å². The Labute approximate surface area is 245 Å². The summed E-state index contributed by atoms with van der Waals surface area (Å²) < 4.78 is 38.0. The van der Waals surface area contributed by atoms with Gasteiger partial charge >= 0.3 is 5.97 Å². The normalized spacial score (nSPS) is 17.3. The molecule has 0 spiro atoms. The molecule has 10 nitrogen and oxygen atoms in total. The van der Waals surface area contributed by atoms with Crippen LogP contribution in [0.3, 0.4) is 0 Å². The van der Waals surface area contributed by atoms with Gasteiger partial charge in [-0.05, 0) is 43.0 Å². The van der Waals surface area contributed by atoms with E-state index in [2.05, 4.69) is 27.2 Å². The van der Waals surface area contributed by atoms with Crippen molar-refractivity contribution in [2.45, 2.75) is 55.9 Å². The van der Waals surface area contributed by atoms with E-state index in [1.54, 1.807) is 32.2 Å². The average molecular weight is 600 g/mol. The number of ether oxygens (including phenoxy) is 2. The fraction of sp³-hybridized carbons (Fsp3) is 0.483. The number of sulfonamides is 1. The highest BCUT2D eigenvalue weighted by molar-refractivity contribution is 7.89. The molecule has 2 N–H and O–H groups in total. The third-order valence-corrected chi connectivity index (χ3v) is 10.5. The molecular weight excluding hydrogens is 562 g/mol. The second-order valence-corrected chi connectivity index (χ2v) is 13.5. The average Bonchev–Trinajstić information content (AvgIpc) is 3.59. The monoisotopic (exact) mass is 599 g/mol. The minimum atomic E-state index is -3.62. The quantitative estimate of drug-likeness (QED) is 0.273. The maximum Gasteiger partial charge on any atom is 0.319 e. The number of carbonyl (C=O) groups excluding carboxylic acids is 1. The van der Waals surface area contributed by atoms with E-state index in [4.69, 9.17) is 9.47 Å². The minimum Gasteiger partial charge on any atom is -0.481 e. The minimum absolute atomic E-state index is 0.00447. The number of hydrogen-bond acceptors (Lipinski definition) is 10. The molecule has 3 aromatic rings. The zero-order chi connectivity index (χ0) is 29.0. The second-order valence-electron chi connectivity index (χ2n) is 10.6. The standard InChI is InChI=1S/C29H37N5O5S2/c1-4-39-27(35)16-30-22-17-34(18-22)41(36,37)23-11-9-21(10-12-23)24(15-20-7-5-6-8-20)19(2)31-29-32-25-13-14-26(38-3)33-28(25)40-29/h9-14,20,22,24,30H,2,4-8,15-18H2,1,3H3,(H,31,32). The zero-order valence-corrected chi connectivity index (χ0v) is 25.1. The fourth-order valence-corrected chi connectivity index (χ4v) is 7.87. The smallest absolute Gasteiger partial charge is 0.319 e. The Hall–Kier alpha value is -3.06. The SMILES string of the molecule is C=C(Nc1nc2ccc(OC)nc2s1)C(CC1CCCC1)c1ccc(S(=O)(=O)N2CC(NCC(=O)OCC)C2)cc1. The topological polar surface area (TPSA) is 123 Å². The Balaban J connectivity index is 1.27. The molecule has 2 fully saturated rings. The number of benzene rings is 1. The zero-order valence-electron chi connectivity index (χ0n) is 23.5. The van der Waals surface area contributed by atoms with Crippen LogP contribution in [0, 0.1) is 5.92 Å². The fourth-order valence-electron chi connectivity index (χ4n) is 5.48. The number of anilines is 1. The van der Waals surface area contributed by atoms with E-state index in [1.807, 2.05) is 18.2 Å². The molecule has 5 rings (SSSR count). The van der Waals surface area contributed by atoms with Gasteiger partial charge in [-0.15, -0.1) is 0 Å². The molecule has 220 valence electrons. The second kappa shape index (κ2) is 12.8. The highest BCUT2D eigenvalue weighted by atomic mass is 32.2. The summed E-state index contributed by atoms with van der Waals surface area (Å²) in [6.07, 6.45) is 5.81. The van der Waals surface area contributed by atoms with Crippen LogP contribution in [0.5, 0.6) is 5.88 Å². The predicted molar refractivity (Wildman–Crippen MR) is 160 cm³/mol. The molecule has 0 amide bonds. The summed E-state index contributed by atoms with van der Waals surface area (Å²) in [6.45, 7) is 7.17. The molecule has 1 aromatic carbocycles. The van der Waals surface area contributed by atoms with Gasteiger partial charge in [-0.2, -0.15) is 4.31 Å². The first-order valence-corrected chi connectivity index (χ1v) is 16.3. The number of methoxy groups -OCH3 is 1. The highest BCUT2D eigenvalue weighted by Crippen LogP contribution is 2.39. The Bertz CT molecular complexity index is 1480. The van der Waals surface area contributed by atoms with Gasteiger partial charge in [0.05, 0.1) is 25.2 Å². The van der Waals surface area contributed by atoms with E-state index in [9.17, 15) is 13.2 Å². The Morgan fingerprint density at radius 1 is 1.15 bits per heavy atom. The number of pyridine rings is 1. The summed E-state index contributed by atoms with van der Waals surface area (Å²) in [4.78, 5) is 21.7. The maximum atomic E-state index is 13.2. The maximum absolute atomic E-state index is 13.2. The number of nitrogens with zero attached hydrogens (tertiary/aromatic N) is 3. The molecule has 2 aliphatic rings. The Morgan fingerprint density at radius 3 is 2.56 bits per heavy atom. The molecule has 41 heavy (non-hydrogen) atoms. The molecule has 1 saturated carbocycles. The number of thiazole rings is 1. The Morgan fingerprint density at radius 2 is 1.88 bits per heavy atom. The van der Waals surface area contributed by atoms with Gasteiger partial charge in [0.15, 0.2) is 5.13 Å². The number of carbonyl (C=O) groups is 1. The molecule has 0 bridgehead atoms. The summed E-state index contributed by atoms with van der Waals surface area (Å²) in [5.41, 5.74) is 2.64. The van der Waals surface area contributed by atoms with Crippen molar-refractivity contribution in [2.75, 3.05) is 38.7 Å². The van der Waals surface area contributed by atoms with Crippen molar-refractivity contribution < 1.29 is 22.7 Å². The summed E-state index contributed by atoms with van der Waals surface area (Å²) >= 11 is 1.45. The summed E-state index contributed by atoms with van der Waals surface area (Å²) in [5.74, 6) is 0.809. The molecule has 0 radical (unpaired) electrons. The number of allylic oxidation sites excluding steroid dienone is 1.